The smallest absolute Gasteiger partial charge is 0.282 e. The Labute approximate surface area is 61.3 Å². The average Bonchev–Trinajstić information content (AvgIpc) is 2.13. The van der Waals surface area contributed by atoms with Crippen LogP contribution in [-0.2, 0) is 4.74 Å². The van der Waals surface area contributed by atoms with Crippen LogP contribution >= 0.6 is 0 Å². The minimum Gasteiger partial charge on any atom is -0.460 e. The van der Waals surface area contributed by atoms with Gasteiger partial charge in [-0.3, -0.25) is 0 Å². The summed E-state index contributed by atoms with van der Waals surface area (Å²) >= 11 is 0. The molecule has 0 fully saturated rings. The summed E-state index contributed by atoms with van der Waals surface area (Å²) in [7, 11) is 0. The lowest BCUT2D eigenvalue weighted by molar-refractivity contribution is 0.205. The monoisotopic (exact) mass is 142 g/mol. The summed E-state index contributed by atoms with van der Waals surface area (Å²) < 4.78 is 5.15. The van der Waals surface area contributed by atoms with Crippen molar-refractivity contribution in [1.29, 1.82) is 0 Å². The maximum absolute atomic E-state index is 5.37. The van der Waals surface area contributed by atoms with Gasteiger partial charge in [0, 0.05) is 0 Å². The standard InChI is InChI=1S/C7H14N2O/c1-3-4-6-5(2)10-7(8)9-6/h5-6H,3-4H2,1-2H3,(H2,8,9)/t5-,6-/m0/s1. The SMILES string of the molecule is CCC[C@@H]1N=C(N)O[C@H]1C. The van der Waals surface area contributed by atoms with Gasteiger partial charge in [-0.25, -0.2) is 4.99 Å². The summed E-state index contributed by atoms with van der Waals surface area (Å²) in [6.45, 7) is 4.14. The Morgan fingerprint density at radius 1 is 1.70 bits per heavy atom. The lowest BCUT2D eigenvalue weighted by Crippen LogP contribution is -2.19. The molecule has 1 rings (SSSR count). The first-order chi connectivity index (χ1) is 4.74. The molecule has 0 saturated carbocycles. The number of amidine groups is 1. The van der Waals surface area contributed by atoms with Crippen LogP contribution in [0.2, 0.25) is 0 Å². The predicted molar refractivity (Wildman–Crippen MR) is 40.9 cm³/mol. The lowest BCUT2D eigenvalue weighted by Gasteiger charge is -2.09. The molecule has 0 aromatic rings. The van der Waals surface area contributed by atoms with Gasteiger partial charge in [-0.1, -0.05) is 13.3 Å². The third kappa shape index (κ3) is 1.40. The van der Waals surface area contributed by atoms with Crippen molar-refractivity contribution in [3.63, 3.8) is 0 Å². The van der Waals surface area contributed by atoms with E-state index in [9.17, 15) is 0 Å². The van der Waals surface area contributed by atoms with Gasteiger partial charge < -0.3 is 10.5 Å². The summed E-state index contributed by atoms with van der Waals surface area (Å²) in [5.41, 5.74) is 5.37. The van der Waals surface area contributed by atoms with Gasteiger partial charge in [0.15, 0.2) is 0 Å². The van der Waals surface area contributed by atoms with Crippen molar-refractivity contribution >= 4 is 6.02 Å². The van der Waals surface area contributed by atoms with E-state index in [1.165, 1.54) is 0 Å². The first-order valence-corrected chi connectivity index (χ1v) is 3.74. The van der Waals surface area contributed by atoms with Crippen molar-refractivity contribution in [1.82, 2.24) is 0 Å². The number of nitrogens with two attached hydrogens (primary N) is 1. The second kappa shape index (κ2) is 2.90. The molecule has 0 saturated heterocycles. The Hall–Kier alpha value is -0.730. The maximum Gasteiger partial charge on any atom is 0.282 e. The maximum atomic E-state index is 5.37. The molecule has 0 aromatic heterocycles. The minimum atomic E-state index is 0.181. The molecule has 2 atom stereocenters. The van der Waals surface area contributed by atoms with E-state index in [0.29, 0.717) is 12.1 Å². The van der Waals surface area contributed by atoms with Crippen LogP contribution in [-0.4, -0.2) is 18.2 Å². The molecule has 1 aliphatic rings. The zero-order valence-electron chi connectivity index (χ0n) is 6.50. The Kier molecular flexibility index (Phi) is 2.14. The van der Waals surface area contributed by atoms with Crippen molar-refractivity contribution in [2.45, 2.75) is 38.8 Å². The molecule has 10 heavy (non-hydrogen) atoms. The van der Waals surface area contributed by atoms with Gasteiger partial charge in [0.05, 0.1) is 6.04 Å². The van der Waals surface area contributed by atoms with Crippen LogP contribution < -0.4 is 5.73 Å². The van der Waals surface area contributed by atoms with Crippen LogP contribution in [0.1, 0.15) is 26.7 Å². The van der Waals surface area contributed by atoms with Crippen LogP contribution in [0.4, 0.5) is 0 Å². The largest absolute Gasteiger partial charge is 0.460 e. The fourth-order valence-electron chi connectivity index (χ4n) is 1.16. The van der Waals surface area contributed by atoms with E-state index in [0.717, 1.165) is 12.8 Å². The summed E-state index contributed by atoms with van der Waals surface area (Å²) in [6.07, 6.45) is 2.39. The molecule has 0 spiro atoms. The summed E-state index contributed by atoms with van der Waals surface area (Å²) in [6, 6.07) is 0.649. The van der Waals surface area contributed by atoms with E-state index in [1.54, 1.807) is 0 Å². The normalized spacial score (nSPS) is 31.6. The number of hydrogen-bond donors (Lipinski definition) is 1. The highest BCUT2D eigenvalue weighted by atomic mass is 16.5. The van der Waals surface area contributed by atoms with E-state index in [2.05, 4.69) is 11.9 Å². The molecular weight excluding hydrogens is 128 g/mol. The molecular formula is C7H14N2O. The van der Waals surface area contributed by atoms with Gasteiger partial charge in [-0.05, 0) is 13.3 Å². The van der Waals surface area contributed by atoms with Crippen molar-refractivity contribution in [2.24, 2.45) is 10.7 Å². The predicted octanol–water partition coefficient (Wildman–Crippen LogP) is 0.889. The second-order valence-corrected chi connectivity index (χ2v) is 2.65. The average molecular weight is 142 g/mol. The van der Waals surface area contributed by atoms with Crippen LogP contribution in [0.15, 0.2) is 4.99 Å². The number of hydrogen-bond acceptors (Lipinski definition) is 3. The van der Waals surface area contributed by atoms with Crippen molar-refractivity contribution in [3.05, 3.63) is 0 Å². The number of nitrogens with zero attached hydrogens (tertiary/aromatic N) is 1. The Morgan fingerprint density at radius 2 is 2.40 bits per heavy atom. The second-order valence-electron chi connectivity index (χ2n) is 2.65. The number of aliphatic imine (C=N–C) groups is 1. The fourth-order valence-corrected chi connectivity index (χ4v) is 1.16. The van der Waals surface area contributed by atoms with Crippen molar-refractivity contribution in [2.75, 3.05) is 0 Å². The summed E-state index contributed by atoms with van der Waals surface area (Å²) in [5.74, 6) is 0. The molecule has 3 nitrogen and oxygen atoms in total. The molecule has 0 unspecified atom stereocenters. The van der Waals surface area contributed by atoms with Crippen molar-refractivity contribution < 1.29 is 4.74 Å². The topological polar surface area (TPSA) is 47.6 Å². The van der Waals surface area contributed by atoms with E-state index in [4.69, 9.17) is 10.5 Å². The molecule has 58 valence electrons. The lowest BCUT2D eigenvalue weighted by atomic mass is 10.1. The highest BCUT2D eigenvalue weighted by Gasteiger charge is 2.24. The van der Waals surface area contributed by atoms with Gasteiger partial charge in [-0.2, -0.15) is 0 Å². The van der Waals surface area contributed by atoms with Crippen LogP contribution in [0.3, 0.4) is 0 Å². The van der Waals surface area contributed by atoms with Gasteiger partial charge in [-0.15, -0.1) is 0 Å². The highest BCUT2D eigenvalue weighted by molar-refractivity contribution is 5.73. The molecule has 0 aromatic carbocycles. The van der Waals surface area contributed by atoms with Crippen molar-refractivity contribution in [3.8, 4) is 0 Å². The molecule has 0 aliphatic carbocycles. The van der Waals surface area contributed by atoms with E-state index < -0.39 is 0 Å². The molecule has 0 amide bonds. The molecule has 1 aliphatic heterocycles. The molecule has 3 heteroatoms. The van der Waals surface area contributed by atoms with Crippen LogP contribution in [0.5, 0.6) is 0 Å². The van der Waals surface area contributed by atoms with Gasteiger partial charge in [0.2, 0.25) is 0 Å². The molecule has 1 heterocycles. The van der Waals surface area contributed by atoms with Crippen LogP contribution in [0, 0.1) is 0 Å². The number of rotatable bonds is 2. The Morgan fingerprint density at radius 3 is 2.80 bits per heavy atom. The Bertz CT molecular complexity index is 145. The summed E-state index contributed by atoms with van der Waals surface area (Å²) in [5, 5.41) is 0. The van der Waals surface area contributed by atoms with Crippen LogP contribution in [0.25, 0.3) is 0 Å². The summed E-state index contributed by atoms with van der Waals surface area (Å²) in [4.78, 5) is 4.13. The first-order valence-electron chi connectivity index (χ1n) is 3.74. The molecule has 2 N–H and O–H groups in total. The number of ether oxygens (including phenoxy) is 1. The zero-order chi connectivity index (χ0) is 7.56. The Balaban J connectivity index is 2.44. The zero-order valence-corrected chi connectivity index (χ0v) is 6.50. The third-order valence-corrected chi connectivity index (χ3v) is 1.73. The molecule has 0 radical (unpaired) electrons. The van der Waals surface area contributed by atoms with E-state index in [1.807, 2.05) is 6.92 Å². The first kappa shape index (κ1) is 7.38. The highest BCUT2D eigenvalue weighted by Crippen LogP contribution is 2.15. The van der Waals surface area contributed by atoms with Gasteiger partial charge in [0.25, 0.3) is 6.02 Å². The van der Waals surface area contributed by atoms with E-state index in [-0.39, 0.29) is 6.10 Å². The van der Waals surface area contributed by atoms with E-state index >= 15 is 0 Å². The fraction of sp³-hybridized carbons (Fsp3) is 0.857. The van der Waals surface area contributed by atoms with Gasteiger partial charge >= 0.3 is 0 Å². The third-order valence-electron chi connectivity index (χ3n) is 1.73. The quantitative estimate of drug-likeness (QED) is 0.622. The van der Waals surface area contributed by atoms with Gasteiger partial charge in [0.1, 0.15) is 6.10 Å². The minimum absolute atomic E-state index is 0.181. The molecule has 0 bridgehead atoms.